The number of ether oxygens (including phenoxy) is 1. The minimum absolute atomic E-state index is 0.0308. The molecule has 1 aromatic rings. The van der Waals surface area contributed by atoms with Crippen LogP contribution in [0.4, 0.5) is 5.69 Å². The van der Waals surface area contributed by atoms with Crippen molar-refractivity contribution in [3.05, 3.63) is 29.8 Å². The number of benzene rings is 1. The van der Waals surface area contributed by atoms with E-state index in [4.69, 9.17) is 4.74 Å². The summed E-state index contributed by atoms with van der Waals surface area (Å²) in [7, 11) is 0. The molecule has 3 amide bonds. The largest absolute Gasteiger partial charge is 0.456 e. The summed E-state index contributed by atoms with van der Waals surface area (Å²) in [5.41, 5.74) is 1.80. The number of nitrogens with zero attached hydrogens (tertiary/aromatic N) is 1. The van der Waals surface area contributed by atoms with Gasteiger partial charge in [-0.2, -0.15) is 0 Å². The van der Waals surface area contributed by atoms with Gasteiger partial charge in [0.15, 0.2) is 6.61 Å². The van der Waals surface area contributed by atoms with Crippen LogP contribution in [0.25, 0.3) is 0 Å². The number of amides is 3. The van der Waals surface area contributed by atoms with Gasteiger partial charge in [-0.05, 0) is 55.2 Å². The van der Waals surface area contributed by atoms with Crippen molar-refractivity contribution in [2.45, 2.75) is 39.0 Å². The molecular weight excluding hydrogens is 372 g/mol. The molecule has 1 aliphatic heterocycles. The average Bonchev–Trinajstić information content (AvgIpc) is 3.40. The van der Waals surface area contributed by atoms with Crippen molar-refractivity contribution in [3.63, 3.8) is 0 Å². The van der Waals surface area contributed by atoms with Gasteiger partial charge in [-0.15, -0.1) is 0 Å². The molecule has 1 heterocycles. The molecule has 1 aromatic carbocycles. The first-order chi connectivity index (χ1) is 14.0. The third-order valence-electron chi connectivity index (χ3n) is 6.57. The van der Waals surface area contributed by atoms with Crippen LogP contribution in [-0.2, 0) is 30.3 Å². The third kappa shape index (κ3) is 3.78. The number of imide groups is 1. The molecule has 3 fully saturated rings. The maximum atomic E-state index is 12.6. The molecule has 0 spiro atoms. The third-order valence-corrected chi connectivity index (χ3v) is 6.57. The van der Waals surface area contributed by atoms with Crippen molar-refractivity contribution < 1.29 is 23.9 Å². The van der Waals surface area contributed by atoms with Crippen LogP contribution < -0.4 is 5.32 Å². The summed E-state index contributed by atoms with van der Waals surface area (Å²) in [4.78, 5) is 50.4. The summed E-state index contributed by atoms with van der Waals surface area (Å²) in [5.74, 6) is -0.989. The lowest BCUT2D eigenvalue weighted by Gasteiger charge is -2.19. The van der Waals surface area contributed by atoms with E-state index in [1.54, 1.807) is 12.1 Å². The monoisotopic (exact) mass is 398 g/mol. The maximum Gasteiger partial charge on any atom is 0.308 e. The fourth-order valence-corrected chi connectivity index (χ4v) is 5.13. The Hall–Kier alpha value is -2.70. The highest BCUT2D eigenvalue weighted by atomic mass is 16.5. The Morgan fingerprint density at radius 3 is 2.28 bits per heavy atom. The molecule has 2 aliphatic carbocycles. The highest BCUT2D eigenvalue weighted by Crippen LogP contribution is 2.56. The molecule has 7 nitrogen and oxygen atoms in total. The second-order valence-electron chi connectivity index (χ2n) is 8.22. The number of hydrogen-bond donors (Lipinski definition) is 1. The quantitative estimate of drug-likeness (QED) is 0.561. The zero-order chi connectivity index (χ0) is 20.5. The van der Waals surface area contributed by atoms with Crippen molar-refractivity contribution in [2.75, 3.05) is 18.5 Å². The molecule has 154 valence electrons. The number of anilines is 1. The van der Waals surface area contributed by atoms with E-state index in [-0.39, 0.29) is 36.6 Å². The Morgan fingerprint density at radius 1 is 1.07 bits per heavy atom. The maximum absolute atomic E-state index is 12.6. The zero-order valence-corrected chi connectivity index (χ0v) is 16.6. The summed E-state index contributed by atoms with van der Waals surface area (Å²) < 4.78 is 5.00. The lowest BCUT2D eigenvalue weighted by atomic mass is 9.81. The van der Waals surface area contributed by atoms with Crippen molar-refractivity contribution in [3.8, 4) is 0 Å². The summed E-state index contributed by atoms with van der Waals surface area (Å²) in [6.45, 7) is 1.68. The second kappa shape index (κ2) is 7.97. The van der Waals surface area contributed by atoms with Gasteiger partial charge in [0.05, 0.1) is 18.3 Å². The molecule has 4 atom stereocenters. The first-order valence-electron chi connectivity index (χ1n) is 10.4. The lowest BCUT2D eigenvalue weighted by Crippen LogP contribution is -2.35. The zero-order valence-electron chi connectivity index (χ0n) is 16.6. The van der Waals surface area contributed by atoms with E-state index in [0.717, 1.165) is 31.2 Å². The number of rotatable bonds is 7. The van der Waals surface area contributed by atoms with Crippen molar-refractivity contribution in [2.24, 2.45) is 23.7 Å². The van der Waals surface area contributed by atoms with Gasteiger partial charge in [0, 0.05) is 12.2 Å². The van der Waals surface area contributed by atoms with E-state index in [1.807, 2.05) is 19.1 Å². The molecule has 0 radical (unpaired) electrons. The standard InChI is InChI=1S/C22H26N2O5/c1-2-13-3-7-16(8-4-13)23-17(25)12-29-18(26)9-10-24-21(27)19-14-5-6-15(11-14)20(19)22(24)28/h3-4,7-8,14-15,19-20H,2,5-6,9-12H2,1H3,(H,23,25)/t14-,15+,19-,20+. The number of aryl methyl sites for hydroxylation is 1. The topological polar surface area (TPSA) is 92.8 Å². The minimum Gasteiger partial charge on any atom is -0.456 e. The molecule has 29 heavy (non-hydrogen) atoms. The van der Waals surface area contributed by atoms with Crippen LogP contribution in [0.15, 0.2) is 24.3 Å². The smallest absolute Gasteiger partial charge is 0.308 e. The Morgan fingerprint density at radius 2 is 1.69 bits per heavy atom. The predicted octanol–water partition coefficient (Wildman–Crippen LogP) is 2.15. The van der Waals surface area contributed by atoms with E-state index in [9.17, 15) is 19.2 Å². The van der Waals surface area contributed by atoms with Crippen LogP contribution >= 0.6 is 0 Å². The number of hydrogen-bond acceptors (Lipinski definition) is 5. The molecule has 2 saturated carbocycles. The summed E-state index contributed by atoms with van der Waals surface area (Å²) in [5, 5.41) is 2.67. The highest BCUT2D eigenvalue weighted by Gasteiger charge is 2.60. The number of carbonyl (C=O) groups is 4. The Labute approximate surface area is 169 Å². The fraction of sp³-hybridized carbons (Fsp3) is 0.545. The van der Waals surface area contributed by atoms with Crippen molar-refractivity contribution >= 4 is 29.4 Å². The predicted molar refractivity (Wildman–Crippen MR) is 105 cm³/mol. The van der Waals surface area contributed by atoms with E-state index in [1.165, 1.54) is 4.90 Å². The van der Waals surface area contributed by atoms with Gasteiger partial charge in [0.1, 0.15) is 0 Å². The van der Waals surface area contributed by atoms with Gasteiger partial charge >= 0.3 is 5.97 Å². The normalized spacial score (nSPS) is 27.3. The highest BCUT2D eigenvalue weighted by molar-refractivity contribution is 6.06. The Balaban J connectivity index is 1.21. The van der Waals surface area contributed by atoms with Gasteiger partial charge in [0.2, 0.25) is 11.8 Å². The van der Waals surface area contributed by atoms with Crippen molar-refractivity contribution in [1.29, 1.82) is 0 Å². The lowest BCUT2D eigenvalue weighted by molar-refractivity contribution is -0.149. The van der Waals surface area contributed by atoms with Crippen LogP contribution in [0, 0.1) is 23.7 Å². The van der Waals surface area contributed by atoms with Crippen LogP contribution in [0.2, 0.25) is 0 Å². The molecule has 0 unspecified atom stereocenters. The average molecular weight is 398 g/mol. The van der Waals surface area contributed by atoms with E-state index in [0.29, 0.717) is 17.5 Å². The summed E-state index contributed by atoms with van der Waals surface area (Å²) >= 11 is 0. The van der Waals surface area contributed by atoms with Gasteiger partial charge in [-0.3, -0.25) is 24.1 Å². The number of likely N-dealkylation sites (tertiary alicyclic amines) is 1. The molecule has 3 aliphatic rings. The number of carbonyl (C=O) groups excluding carboxylic acids is 4. The number of esters is 1. The molecule has 7 heteroatoms. The van der Waals surface area contributed by atoms with Gasteiger partial charge in [0.25, 0.3) is 5.91 Å². The molecule has 0 aromatic heterocycles. The van der Waals surface area contributed by atoms with E-state index >= 15 is 0 Å². The first-order valence-corrected chi connectivity index (χ1v) is 10.4. The van der Waals surface area contributed by atoms with E-state index < -0.39 is 18.5 Å². The van der Waals surface area contributed by atoms with Gasteiger partial charge in [-0.1, -0.05) is 19.1 Å². The first kappa shape index (κ1) is 19.6. The van der Waals surface area contributed by atoms with Crippen LogP contribution in [0.3, 0.4) is 0 Å². The van der Waals surface area contributed by atoms with Crippen LogP contribution in [0.5, 0.6) is 0 Å². The molecule has 2 bridgehead atoms. The molecule has 4 rings (SSSR count). The minimum atomic E-state index is -0.595. The summed E-state index contributed by atoms with van der Waals surface area (Å²) in [6.07, 6.45) is 3.86. The van der Waals surface area contributed by atoms with Gasteiger partial charge < -0.3 is 10.1 Å². The van der Waals surface area contributed by atoms with Crippen LogP contribution in [0.1, 0.15) is 38.2 Å². The summed E-state index contributed by atoms with van der Waals surface area (Å²) in [6, 6.07) is 7.45. The molecular formula is C22H26N2O5. The molecule has 1 saturated heterocycles. The fourth-order valence-electron chi connectivity index (χ4n) is 5.13. The second-order valence-corrected chi connectivity index (χ2v) is 8.22. The number of fused-ring (bicyclic) bond motifs is 5. The number of nitrogens with one attached hydrogen (secondary N) is 1. The molecule has 1 N–H and O–H groups in total. The SMILES string of the molecule is CCc1ccc(NC(=O)COC(=O)CCN2C(=O)[C@@H]3[C@@H]4CC[C@@H](C4)[C@@H]3C2=O)cc1. The van der Waals surface area contributed by atoms with E-state index in [2.05, 4.69) is 5.32 Å². The van der Waals surface area contributed by atoms with Crippen molar-refractivity contribution in [1.82, 2.24) is 4.90 Å². The van der Waals surface area contributed by atoms with Crippen LogP contribution in [-0.4, -0.2) is 41.7 Å². The Bertz CT molecular complexity index is 806. The van der Waals surface area contributed by atoms with Gasteiger partial charge in [-0.25, -0.2) is 0 Å². The Kier molecular flexibility index (Phi) is 5.39.